The van der Waals surface area contributed by atoms with Crippen LogP contribution in [0.5, 0.6) is 0 Å². The van der Waals surface area contributed by atoms with Crippen molar-refractivity contribution < 1.29 is 0 Å². The molecular formula is C13H14. The van der Waals surface area contributed by atoms with Crippen molar-refractivity contribution in [3.8, 4) is 12.3 Å². The van der Waals surface area contributed by atoms with Crippen LogP contribution in [0, 0.1) is 12.3 Å². The highest BCUT2D eigenvalue weighted by Crippen LogP contribution is 2.16. The summed E-state index contributed by atoms with van der Waals surface area (Å²) < 4.78 is 0. The van der Waals surface area contributed by atoms with Gasteiger partial charge < -0.3 is 0 Å². The van der Waals surface area contributed by atoms with Crippen LogP contribution in [0.3, 0.4) is 0 Å². The number of allylic oxidation sites excluding steroid dienone is 1. The Balaban J connectivity index is 3.24. The standard InChI is InChI=1S/C13H14/c1-5-11-7-12(6-2)9-13(8-11)10(3)4/h1,7-9H,3,6H2,2,4H3. The first kappa shape index (κ1) is 9.61. The van der Waals surface area contributed by atoms with Gasteiger partial charge in [0.05, 0.1) is 0 Å². The SMILES string of the molecule is C#Cc1cc(CC)cc(C(=C)C)c1. The third-order valence-corrected chi connectivity index (χ3v) is 2.06. The Labute approximate surface area is 80.3 Å². The number of aryl methyl sites for hydroxylation is 1. The maximum atomic E-state index is 5.36. The molecular weight excluding hydrogens is 156 g/mol. The fourth-order valence-electron chi connectivity index (χ4n) is 1.23. The normalized spacial score (nSPS) is 9.31. The highest BCUT2D eigenvalue weighted by molar-refractivity contribution is 5.63. The molecule has 0 aromatic heterocycles. The summed E-state index contributed by atoms with van der Waals surface area (Å²) >= 11 is 0. The number of benzene rings is 1. The predicted molar refractivity (Wildman–Crippen MR) is 58.5 cm³/mol. The second-order valence-corrected chi connectivity index (χ2v) is 3.20. The lowest BCUT2D eigenvalue weighted by molar-refractivity contribution is 1.13. The van der Waals surface area contributed by atoms with Crippen LogP contribution >= 0.6 is 0 Å². The van der Waals surface area contributed by atoms with E-state index in [9.17, 15) is 0 Å². The van der Waals surface area contributed by atoms with Crippen LogP contribution < -0.4 is 0 Å². The van der Waals surface area contributed by atoms with Crippen LogP contribution in [0.15, 0.2) is 24.8 Å². The van der Waals surface area contributed by atoms with E-state index in [1.807, 2.05) is 19.1 Å². The lowest BCUT2D eigenvalue weighted by Gasteiger charge is -2.04. The van der Waals surface area contributed by atoms with Gasteiger partial charge in [-0.05, 0) is 36.6 Å². The van der Waals surface area contributed by atoms with Gasteiger partial charge in [0.15, 0.2) is 0 Å². The Hall–Kier alpha value is -1.48. The summed E-state index contributed by atoms with van der Waals surface area (Å²) in [6.45, 7) is 8.03. The first-order valence-corrected chi connectivity index (χ1v) is 4.43. The lowest BCUT2D eigenvalue weighted by atomic mass is 10.0. The van der Waals surface area contributed by atoms with Crippen LogP contribution in [0.25, 0.3) is 5.57 Å². The Bertz CT molecular complexity index is 364. The second-order valence-electron chi connectivity index (χ2n) is 3.20. The van der Waals surface area contributed by atoms with E-state index in [2.05, 4.69) is 25.5 Å². The van der Waals surface area contributed by atoms with Gasteiger partial charge in [0.25, 0.3) is 0 Å². The van der Waals surface area contributed by atoms with E-state index < -0.39 is 0 Å². The summed E-state index contributed by atoms with van der Waals surface area (Å²) in [6.07, 6.45) is 6.37. The van der Waals surface area contributed by atoms with Gasteiger partial charge in [-0.1, -0.05) is 31.1 Å². The van der Waals surface area contributed by atoms with Gasteiger partial charge in [0.2, 0.25) is 0 Å². The number of hydrogen-bond acceptors (Lipinski definition) is 0. The van der Waals surface area contributed by atoms with Crippen molar-refractivity contribution in [2.75, 3.05) is 0 Å². The van der Waals surface area contributed by atoms with Crippen molar-refractivity contribution in [2.24, 2.45) is 0 Å². The fourth-order valence-corrected chi connectivity index (χ4v) is 1.23. The summed E-state index contributed by atoms with van der Waals surface area (Å²) in [5.74, 6) is 2.66. The molecule has 0 aliphatic rings. The molecule has 66 valence electrons. The van der Waals surface area contributed by atoms with Gasteiger partial charge in [-0.3, -0.25) is 0 Å². The predicted octanol–water partition coefficient (Wildman–Crippen LogP) is 3.26. The highest BCUT2D eigenvalue weighted by atomic mass is 14.0. The topological polar surface area (TPSA) is 0 Å². The minimum absolute atomic E-state index is 0.942. The molecule has 0 unspecified atom stereocenters. The van der Waals surface area contributed by atoms with E-state index in [1.165, 1.54) is 5.56 Å². The van der Waals surface area contributed by atoms with Crippen LogP contribution in [0.4, 0.5) is 0 Å². The van der Waals surface area contributed by atoms with Crippen molar-refractivity contribution in [3.63, 3.8) is 0 Å². The first-order valence-electron chi connectivity index (χ1n) is 4.43. The summed E-state index contributed by atoms with van der Waals surface area (Å²) in [5, 5.41) is 0. The molecule has 0 heterocycles. The van der Waals surface area contributed by atoms with Gasteiger partial charge in [0, 0.05) is 5.56 Å². The first-order chi connectivity index (χ1) is 6.17. The van der Waals surface area contributed by atoms with Crippen LogP contribution in [0.1, 0.15) is 30.5 Å². The highest BCUT2D eigenvalue weighted by Gasteiger charge is 1.98. The molecule has 1 rings (SSSR count). The van der Waals surface area contributed by atoms with E-state index in [0.717, 1.165) is 23.1 Å². The van der Waals surface area contributed by atoms with Gasteiger partial charge in [0.1, 0.15) is 0 Å². The largest absolute Gasteiger partial charge is 0.115 e. The molecule has 1 aromatic rings. The summed E-state index contributed by atoms with van der Waals surface area (Å²) in [6, 6.07) is 6.19. The zero-order valence-corrected chi connectivity index (χ0v) is 8.22. The van der Waals surface area contributed by atoms with Crippen molar-refractivity contribution in [2.45, 2.75) is 20.3 Å². The molecule has 0 amide bonds. The van der Waals surface area contributed by atoms with Crippen LogP contribution in [0.2, 0.25) is 0 Å². The average Bonchev–Trinajstić information content (AvgIpc) is 2.16. The average molecular weight is 170 g/mol. The second kappa shape index (κ2) is 3.96. The molecule has 0 heteroatoms. The van der Waals surface area contributed by atoms with Gasteiger partial charge in [-0.15, -0.1) is 6.42 Å². The Morgan fingerprint density at radius 1 is 1.46 bits per heavy atom. The molecule has 0 saturated carbocycles. The van der Waals surface area contributed by atoms with Crippen molar-refractivity contribution in [1.82, 2.24) is 0 Å². The lowest BCUT2D eigenvalue weighted by Crippen LogP contribution is -1.87. The van der Waals surface area contributed by atoms with Crippen LogP contribution in [-0.4, -0.2) is 0 Å². The van der Waals surface area contributed by atoms with E-state index in [0.29, 0.717) is 0 Å². The van der Waals surface area contributed by atoms with Crippen molar-refractivity contribution >= 4 is 5.57 Å². The fraction of sp³-hybridized carbons (Fsp3) is 0.231. The molecule has 0 saturated heterocycles. The summed E-state index contributed by atoms with van der Waals surface area (Å²) in [5.41, 5.74) is 4.42. The molecule has 0 nitrogen and oxygen atoms in total. The zero-order chi connectivity index (χ0) is 9.84. The molecule has 0 fully saturated rings. The number of terminal acetylenes is 1. The maximum absolute atomic E-state index is 5.36. The minimum Gasteiger partial charge on any atom is -0.115 e. The van der Waals surface area contributed by atoms with E-state index in [4.69, 9.17) is 6.42 Å². The molecule has 1 aromatic carbocycles. The van der Waals surface area contributed by atoms with Gasteiger partial charge >= 0.3 is 0 Å². The number of hydrogen-bond donors (Lipinski definition) is 0. The third-order valence-electron chi connectivity index (χ3n) is 2.06. The van der Waals surface area contributed by atoms with E-state index in [-0.39, 0.29) is 0 Å². The summed E-state index contributed by atoms with van der Waals surface area (Å²) in [7, 11) is 0. The third kappa shape index (κ3) is 2.23. The maximum Gasteiger partial charge on any atom is 0.0251 e. The molecule has 0 aliphatic heterocycles. The molecule has 0 atom stereocenters. The molecule has 0 radical (unpaired) electrons. The van der Waals surface area contributed by atoms with Crippen molar-refractivity contribution in [1.29, 1.82) is 0 Å². The van der Waals surface area contributed by atoms with Crippen molar-refractivity contribution in [3.05, 3.63) is 41.5 Å². The summed E-state index contributed by atoms with van der Waals surface area (Å²) in [4.78, 5) is 0. The van der Waals surface area contributed by atoms with E-state index in [1.54, 1.807) is 0 Å². The monoisotopic (exact) mass is 170 g/mol. The molecule has 13 heavy (non-hydrogen) atoms. The molecule has 0 aliphatic carbocycles. The van der Waals surface area contributed by atoms with E-state index >= 15 is 0 Å². The molecule has 0 spiro atoms. The van der Waals surface area contributed by atoms with Gasteiger partial charge in [-0.2, -0.15) is 0 Å². The van der Waals surface area contributed by atoms with Gasteiger partial charge in [-0.25, -0.2) is 0 Å². The van der Waals surface area contributed by atoms with Crippen LogP contribution in [-0.2, 0) is 6.42 Å². The Kier molecular flexibility index (Phi) is 2.93. The Morgan fingerprint density at radius 2 is 2.15 bits per heavy atom. The zero-order valence-electron chi connectivity index (χ0n) is 8.22. The Morgan fingerprint density at radius 3 is 2.62 bits per heavy atom. The minimum atomic E-state index is 0.942. The smallest absolute Gasteiger partial charge is 0.0251 e. The molecule has 0 bridgehead atoms. The number of rotatable bonds is 2. The quantitative estimate of drug-likeness (QED) is 0.598. The molecule has 0 N–H and O–H groups in total.